The number of aromatic nitrogens is 3. The van der Waals surface area contributed by atoms with Crippen LogP contribution in [0.2, 0.25) is 0 Å². The summed E-state index contributed by atoms with van der Waals surface area (Å²) in [5.74, 6) is 0.219. The van der Waals surface area contributed by atoms with Gasteiger partial charge in [0.05, 0.1) is 19.3 Å². The predicted molar refractivity (Wildman–Crippen MR) is 86.1 cm³/mol. The van der Waals surface area contributed by atoms with Crippen LogP contribution in [0.4, 0.5) is 11.9 Å². The zero-order valence-electron chi connectivity index (χ0n) is 13.5. The number of hydrogen-bond donors (Lipinski definition) is 2. The number of nitrogens with two attached hydrogens (primary N) is 2. The van der Waals surface area contributed by atoms with E-state index >= 15 is 0 Å². The minimum Gasteiger partial charge on any atom is -0.496 e. The highest BCUT2D eigenvalue weighted by molar-refractivity contribution is 5.89. The molecule has 0 atom stereocenters. The first-order valence-corrected chi connectivity index (χ1v) is 7.21. The lowest BCUT2D eigenvalue weighted by atomic mass is 10.1. The summed E-state index contributed by atoms with van der Waals surface area (Å²) < 4.78 is 15.8. The molecule has 0 amide bonds. The summed E-state index contributed by atoms with van der Waals surface area (Å²) in [6.07, 6.45) is 0. The van der Waals surface area contributed by atoms with Crippen molar-refractivity contribution in [3.05, 3.63) is 35.2 Å². The van der Waals surface area contributed by atoms with Gasteiger partial charge in [0.15, 0.2) is 12.4 Å². The lowest BCUT2D eigenvalue weighted by Crippen LogP contribution is -2.11. The lowest BCUT2D eigenvalue weighted by Gasteiger charge is -2.11. The highest BCUT2D eigenvalue weighted by Gasteiger charge is 2.13. The van der Waals surface area contributed by atoms with Crippen LogP contribution in [0.1, 0.15) is 28.7 Å². The Balaban J connectivity index is 2.08. The fourth-order valence-corrected chi connectivity index (χ4v) is 1.97. The van der Waals surface area contributed by atoms with Gasteiger partial charge >= 0.3 is 5.97 Å². The number of ether oxygens (including phenoxy) is 3. The Labute approximate surface area is 139 Å². The average Bonchev–Trinajstić information content (AvgIpc) is 2.56. The largest absolute Gasteiger partial charge is 0.496 e. The van der Waals surface area contributed by atoms with E-state index in [9.17, 15) is 4.79 Å². The molecular weight excluding hydrogens is 314 g/mol. The highest BCUT2D eigenvalue weighted by atomic mass is 16.5. The van der Waals surface area contributed by atoms with Gasteiger partial charge in [-0.2, -0.15) is 15.0 Å². The zero-order chi connectivity index (χ0) is 17.5. The quantitative estimate of drug-likeness (QED) is 0.709. The first-order valence-electron chi connectivity index (χ1n) is 7.21. The molecule has 0 unspecified atom stereocenters. The maximum atomic E-state index is 12.2. The minimum absolute atomic E-state index is 0.0306. The van der Waals surface area contributed by atoms with Gasteiger partial charge in [0.2, 0.25) is 11.9 Å². The Morgan fingerprint density at radius 2 is 1.83 bits per heavy atom. The Kier molecular flexibility index (Phi) is 5.85. The standard InChI is InChI=1S/C15H19N5O4/c1-3-23-7-10-6-9(4-5-11(10)22-2)13(21)24-8-12-18-14(16)20-15(17)19-12/h4-6H,3,7-8H2,1-2H3,(H4,16,17,18,19,20). The molecule has 0 aliphatic rings. The smallest absolute Gasteiger partial charge is 0.338 e. The van der Waals surface area contributed by atoms with E-state index in [-0.39, 0.29) is 24.3 Å². The van der Waals surface area contributed by atoms with Crippen LogP contribution in [-0.2, 0) is 22.7 Å². The Morgan fingerprint density at radius 3 is 2.46 bits per heavy atom. The second kappa shape index (κ2) is 8.06. The highest BCUT2D eigenvalue weighted by Crippen LogP contribution is 2.21. The van der Waals surface area contributed by atoms with E-state index in [4.69, 9.17) is 25.7 Å². The Hall–Kier alpha value is -2.94. The Morgan fingerprint density at radius 1 is 1.12 bits per heavy atom. The molecule has 24 heavy (non-hydrogen) atoms. The molecule has 1 aromatic heterocycles. The van der Waals surface area contributed by atoms with Crippen molar-refractivity contribution in [2.24, 2.45) is 0 Å². The average molecular weight is 333 g/mol. The van der Waals surface area contributed by atoms with Gasteiger partial charge in [0.1, 0.15) is 5.75 Å². The van der Waals surface area contributed by atoms with Crippen molar-refractivity contribution in [1.29, 1.82) is 0 Å². The van der Waals surface area contributed by atoms with Crippen molar-refractivity contribution < 1.29 is 19.0 Å². The molecule has 4 N–H and O–H groups in total. The molecule has 0 aliphatic carbocycles. The van der Waals surface area contributed by atoms with E-state index in [2.05, 4.69) is 15.0 Å². The van der Waals surface area contributed by atoms with Gasteiger partial charge in [-0.3, -0.25) is 0 Å². The van der Waals surface area contributed by atoms with Gasteiger partial charge in [0, 0.05) is 12.2 Å². The van der Waals surface area contributed by atoms with Gasteiger partial charge in [-0.1, -0.05) is 0 Å². The summed E-state index contributed by atoms with van der Waals surface area (Å²) in [5.41, 5.74) is 12.0. The van der Waals surface area contributed by atoms with Crippen LogP contribution in [-0.4, -0.2) is 34.6 Å². The SMILES string of the molecule is CCOCc1cc(C(=O)OCc2nc(N)nc(N)n2)ccc1OC. The molecular formula is C15H19N5O4. The number of benzene rings is 1. The number of esters is 1. The number of rotatable bonds is 7. The van der Waals surface area contributed by atoms with E-state index in [1.807, 2.05) is 6.92 Å². The number of carbonyl (C=O) groups is 1. The van der Waals surface area contributed by atoms with Gasteiger partial charge in [0.25, 0.3) is 0 Å². The predicted octanol–water partition coefficient (Wildman–Crippen LogP) is 0.938. The lowest BCUT2D eigenvalue weighted by molar-refractivity contribution is 0.0461. The van der Waals surface area contributed by atoms with Crippen LogP contribution >= 0.6 is 0 Å². The molecule has 0 bridgehead atoms. The van der Waals surface area contributed by atoms with Crippen molar-refractivity contribution in [2.75, 3.05) is 25.2 Å². The topological polar surface area (TPSA) is 135 Å². The molecule has 9 nitrogen and oxygen atoms in total. The fourth-order valence-electron chi connectivity index (χ4n) is 1.97. The number of hydrogen-bond acceptors (Lipinski definition) is 9. The van der Waals surface area contributed by atoms with Crippen LogP contribution in [0.15, 0.2) is 18.2 Å². The second-order valence-corrected chi connectivity index (χ2v) is 4.71. The van der Waals surface area contributed by atoms with E-state index in [1.54, 1.807) is 25.3 Å². The molecule has 0 saturated carbocycles. The number of anilines is 2. The van der Waals surface area contributed by atoms with Crippen molar-refractivity contribution in [1.82, 2.24) is 15.0 Å². The molecule has 1 heterocycles. The number of nitrogen functional groups attached to an aromatic ring is 2. The van der Waals surface area contributed by atoms with Crippen molar-refractivity contribution in [3.8, 4) is 5.75 Å². The molecule has 2 aromatic rings. The summed E-state index contributed by atoms with van der Waals surface area (Å²) in [6, 6.07) is 4.95. The van der Waals surface area contributed by atoms with E-state index in [0.717, 1.165) is 5.56 Å². The van der Waals surface area contributed by atoms with Crippen LogP contribution in [0.3, 0.4) is 0 Å². The maximum absolute atomic E-state index is 12.2. The monoisotopic (exact) mass is 333 g/mol. The van der Waals surface area contributed by atoms with Crippen LogP contribution in [0.25, 0.3) is 0 Å². The molecule has 0 saturated heterocycles. The van der Waals surface area contributed by atoms with Gasteiger partial charge in [-0.05, 0) is 25.1 Å². The van der Waals surface area contributed by atoms with Crippen molar-refractivity contribution in [2.45, 2.75) is 20.1 Å². The van der Waals surface area contributed by atoms with Crippen molar-refractivity contribution >= 4 is 17.9 Å². The van der Waals surface area contributed by atoms with Crippen LogP contribution in [0.5, 0.6) is 5.75 Å². The Bertz CT molecular complexity index is 703. The number of carbonyl (C=O) groups excluding carboxylic acids is 1. The maximum Gasteiger partial charge on any atom is 0.338 e. The third-order valence-corrected chi connectivity index (χ3v) is 3.03. The van der Waals surface area contributed by atoms with E-state index in [1.165, 1.54) is 0 Å². The molecule has 1 aromatic carbocycles. The van der Waals surface area contributed by atoms with Crippen LogP contribution in [0, 0.1) is 0 Å². The van der Waals surface area contributed by atoms with Crippen LogP contribution < -0.4 is 16.2 Å². The summed E-state index contributed by atoms with van der Waals surface area (Å²) >= 11 is 0. The number of nitrogens with zero attached hydrogens (tertiary/aromatic N) is 3. The van der Waals surface area contributed by atoms with Gasteiger partial charge in [-0.25, -0.2) is 4.79 Å². The fraction of sp³-hybridized carbons (Fsp3) is 0.333. The van der Waals surface area contributed by atoms with E-state index in [0.29, 0.717) is 24.5 Å². The van der Waals surface area contributed by atoms with E-state index < -0.39 is 5.97 Å². The molecule has 0 spiro atoms. The molecule has 128 valence electrons. The first kappa shape index (κ1) is 17.4. The molecule has 0 fully saturated rings. The third-order valence-electron chi connectivity index (χ3n) is 3.03. The molecule has 0 radical (unpaired) electrons. The minimum atomic E-state index is -0.534. The third kappa shape index (κ3) is 4.53. The molecule has 9 heteroatoms. The summed E-state index contributed by atoms with van der Waals surface area (Å²) in [7, 11) is 1.55. The second-order valence-electron chi connectivity index (χ2n) is 4.71. The summed E-state index contributed by atoms with van der Waals surface area (Å²) in [6.45, 7) is 2.61. The van der Waals surface area contributed by atoms with Gasteiger partial charge < -0.3 is 25.7 Å². The molecule has 2 rings (SSSR count). The first-order chi connectivity index (χ1) is 11.5. The summed E-state index contributed by atoms with van der Waals surface area (Å²) in [5, 5.41) is 0. The summed E-state index contributed by atoms with van der Waals surface area (Å²) in [4.78, 5) is 23.5. The normalized spacial score (nSPS) is 10.4. The number of methoxy groups -OCH3 is 1. The van der Waals surface area contributed by atoms with Crippen molar-refractivity contribution in [3.63, 3.8) is 0 Å². The zero-order valence-corrected chi connectivity index (χ0v) is 13.5. The van der Waals surface area contributed by atoms with Gasteiger partial charge in [-0.15, -0.1) is 0 Å². The molecule has 0 aliphatic heterocycles.